The molecule has 14 nitrogen and oxygen atoms in total. The van der Waals surface area contributed by atoms with E-state index in [0.29, 0.717) is 16.5 Å². The molecule has 3 atom stereocenters. The van der Waals surface area contributed by atoms with Crippen LogP contribution in [0.15, 0.2) is 70.6 Å². The number of carbonyl (C=O) groups is 2. The Morgan fingerprint density at radius 1 is 1.09 bits per heavy atom. The number of halogens is 4. The number of fused-ring (bicyclic) bond motifs is 2. The second-order valence-corrected chi connectivity index (χ2v) is 14.7. The molecule has 0 bridgehead atoms. The largest absolute Gasteiger partial charge is 0.437 e. The monoisotopic (exact) mass is 796 g/mol. The van der Waals surface area contributed by atoms with Gasteiger partial charge in [-0.3, -0.25) is 24.1 Å². The molecule has 0 radical (unpaired) electrons. The average molecular weight is 797 g/mol. The van der Waals surface area contributed by atoms with E-state index in [2.05, 4.69) is 15.3 Å². The maximum absolute atomic E-state index is 15.8. The number of alkyl halides is 3. The van der Waals surface area contributed by atoms with Crippen LogP contribution in [-0.2, 0) is 32.5 Å². The Bertz CT molecular complexity index is 2440. The predicted octanol–water partition coefficient (Wildman–Crippen LogP) is 4.07. The average Bonchev–Trinajstić information content (AvgIpc) is 3.16. The second kappa shape index (κ2) is 16.0. The molecule has 5 aromatic rings. The summed E-state index contributed by atoms with van der Waals surface area (Å²) in [5.41, 5.74) is -1.59. The van der Waals surface area contributed by atoms with Gasteiger partial charge in [0.05, 0.1) is 47.1 Å². The van der Waals surface area contributed by atoms with Crippen molar-refractivity contribution in [2.45, 2.75) is 58.7 Å². The van der Waals surface area contributed by atoms with Gasteiger partial charge >= 0.3 is 17.8 Å². The first-order chi connectivity index (χ1) is 26.9. The van der Waals surface area contributed by atoms with Gasteiger partial charge in [0.15, 0.2) is 13.1 Å². The van der Waals surface area contributed by atoms with Gasteiger partial charge in [0.2, 0.25) is 0 Å². The van der Waals surface area contributed by atoms with Gasteiger partial charge in [-0.15, -0.1) is 0 Å². The van der Waals surface area contributed by atoms with Gasteiger partial charge in [-0.2, -0.15) is 13.2 Å². The molecule has 6 rings (SSSR count). The van der Waals surface area contributed by atoms with Gasteiger partial charge in [0.1, 0.15) is 17.9 Å². The highest BCUT2D eigenvalue weighted by Gasteiger charge is 2.46. The van der Waals surface area contributed by atoms with E-state index in [9.17, 15) is 37.5 Å². The molecule has 1 saturated heterocycles. The Morgan fingerprint density at radius 2 is 1.84 bits per heavy atom. The molecule has 4 heterocycles. The number of hydrogen-bond acceptors (Lipinski definition) is 11. The minimum Gasteiger partial charge on any atom is -0.437 e. The zero-order chi connectivity index (χ0) is 41.4. The first-order valence-electron chi connectivity index (χ1n) is 17.8. The number of nitrogens with zero attached hydrogens (tertiary/aromatic N) is 5. The lowest BCUT2D eigenvalue weighted by Gasteiger charge is -2.38. The highest BCUT2D eigenvalue weighted by Crippen LogP contribution is 2.33. The summed E-state index contributed by atoms with van der Waals surface area (Å²) in [6.45, 7) is 4.87. The lowest BCUT2D eigenvalue weighted by atomic mass is 9.96. The highest BCUT2D eigenvalue weighted by molar-refractivity contribution is 5.99. The summed E-state index contributed by atoms with van der Waals surface area (Å²) in [5.74, 6) is -3.23. The number of aliphatic hydroxyl groups excluding tert-OH is 1. The molecule has 2 aromatic carbocycles. The summed E-state index contributed by atoms with van der Waals surface area (Å²) in [5, 5.41) is 13.4. The maximum atomic E-state index is 15.8. The van der Waals surface area contributed by atoms with Crippen LogP contribution in [0.1, 0.15) is 42.3 Å². The molecule has 0 spiro atoms. The second-order valence-electron chi connectivity index (χ2n) is 14.7. The molecule has 1 aliphatic rings. The summed E-state index contributed by atoms with van der Waals surface area (Å²) < 4.78 is 75.1. The van der Waals surface area contributed by atoms with E-state index in [-0.39, 0.29) is 47.4 Å². The fraction of sp³-hybridized carbons (Fsp3) is 0.385. The van der Waals surface area contributed by atoms with E-state index in [1.807, 2.05) is 0 Å². The molecule has 18 heteroatoms. The van der Waals surface area contributed by atoms with Crippen LogP contribution < -0.4 is 21.5 Å². The third-order valence-electron chi connectivity index (χ3n) is 9.67. The quantitative estimate of drug-likeness (QED) is 0.119. The van der Waals surface area contributed by atoms with Gasteiger partial charge in [-0.05, 0) is 48.4 Å². The minimum atomic E-state index is -4.67. The van der Waals surface area contributed by atoms with Gasteiger partial charge in [-0.25, -0.2) is 18.5 Å². The van der Waals surface area contributed by atoms with Gasteiger partial charge in [0.25, 0.3) is 11.5 Å². The van der Waals surface area contributed by atoms with Crippen molar-refractivity contribution in [2.75, 3.05) is 31.5 Å². The number of aryl methyl sites for hydroxylation is 2. The fourth-order valence-corrected chi connectivity index (χ4v) is 6.60. The molecule has 1 amide bonds. The molecule has 2 N–H and O–H groups in total. The third-order valence-corrected chi connectivity index (χ3v) is 9.67. The number of aliphatic hydroxyl groups is 1. The molecule has 1 unspecified atom stereocenters. The van der Waals surface area contributed by atoms with E-state index in [0.717, 1.165) is 15.5 Å². The summed E-state index contributed by atoms with van der Waals surface area (Å²) in [4.78, 5) is 64.1. The molecule has 302 valence electrons. The number of amides is 1. The van der Waals surface area contributed by atoms with Gasteiger partial charge in [0, 0.05) is 48.9 Å². The fourth-order valence-electron chi connectivity index (χ4n) is 6.60. The Kier molecular flexibility index (Phi) is 11.5. The molecule has 3 aromatic heterocycles. The summed E-state index contributed by atoms with van der Waals surface area (Å²) in [7, 11) is 1.50. The number of carbonyl (C=O) groups excluding carboxylic acids is 2. The lowest BCUT2D eigenvalue weighted by Crippen LogP contribution is -2.53. The SMILES string of the molecule is Cc1cc(N2CCOC[C@@H]2C(F)(F)F)cc(F)c1C(=O)N[C@@H](Cc1ccc(-n2c(=O)c3ccncc3n(C)c2=O)c2ncccc12)C(=O)OCOC(O)C(C)(C)C. The normalized spacial score (nSPS) is 16.1. The maximum Gasteiger partial charge on any atom is 0.411 e. The smallest absolute Gasteiger partial charge is 0.411 e. The number of morpholine rings is 1. The first kappa shape index (κ1) is 40.9. The Labute approximate surface area is 322 Å². The standard InChI is InChI=1S/C39H40F4N6O8/c1-21-15-23(48-13-14-55-19-30(48)39(41,42)43)17-26(40)31(21)33(50)46-27(35(52)56-20-57-36(53)38(2,3)4)16-22-8-9-28(32-24(22)7-6-11-45-32)49-34(51)25-10-12-44-18-29(25)47(5)37(49)54/h6-12,15,17-18,27,30,36,53H,13-14,16,19-20H2,1-5H3,(H,46,50)/t27-,30+,36?/m0/s1. The van der Waals surface area contributed by atoms with Crippen LogP contribution in [-0.4, -0.2) is 87.2 Å². The van der Waals surface area contributed by atoms with Gasteiger partial charge < -0.3 is 29.5 Å². The van der Waals surface area contributed by atoms with Crippen LogP contribution in [0.4, 0.5) is 23.2 Å². The van der Waals surface area contributed by atoms with Crippen LogP contribution in [0.25, 0.3) is 27.5 Å². The summed E-state index contributed by atoms with van der Waals surface area (Å²) in [6, 6.07) is 6.24. The predicted molar refractivity (Wildman–Crippen MR) is 199 cm³/mol. The van der Waals surface area contributed by atoms with Crippen molar-refractivity contribution in [3.05, 3.63) is 104 Å². The Balaban J connectivity index is 1.36. The van der Waals surface area contributed by atoms with Crippen molar-refractivity contribution in [3.8, 4) is 5.69 Å². The Hall–Kier alpha value is -5.72. The number of aromatic nitrogens is 4. The van der Waals surface area contributed by atoms with E-state index in [1.165, 1.54) is 61.4 Å². The number of nitrogens with one attached hydrogen (secondary N) is 1. The number of anilines is 1. The van der Waals surface area contributed by atoms with Crippen LogP contribution in [0.3, 0.4) is 0 Å². The van der Waals surface area contributed by atoms with Crippen LogP contribution in [0, 0.1) is 18.2 Å². The number of ether oxygens (including phenoxy) is 3. The third kappa shape index (κ3) is 8.38. The number of hydrogen-bond donors (Lipinski definition) is 2. The van der Waals surface area contributed by atoms with E-state index in [1.54, 1.807) is 32.9 Å². The van der Waals surface area contributed by atoms with Crippen LogP contribution in [0.2, 0.25) is 0 Å². The van der Waals surface area contributed by atoms with Gasteiger partial charge in [-0.1, -0.05) is 32.9 Å². The van der Waals surface area contributed by atoms with Crippen LogP contribution in [0.5, 0.6) is 0 Å². The molecule has 1 aliphatic heterocycles. The molecular formula is C39H40F4N6O8. The summed E-state index contributed by atoms with van der Waals surface area (Å²) >= 11 is 0. The molecule has 1 fully saturated rings. The minimum absolute atomic E-state index is 0.00384. The zero-order valence-corrected chi connectivity index (χ0v) is 31.6. The molecular weight excluding hydrogens is 756 g/mol. The highest BCUT2D eigenvalue weighted by atomic mass is 19.4. The summed E-state index contributed by atoms with van der Waals surface area (Å²) in [6.07, 6.45) is -2.01. The van der Waals surface area contributed by atoms with Crippen molar-refractivity contribution >= 4 is 39.4 Å². The van der Waals surface area contributed by atoms with Crippen LogP contribution >= 0.6 is 0 Å². The molecule has 0 aliphatic carbocycles. The molecule has 0 saturated carbocycles. The number of pyridine rings is 2. The lowest BCUT2D eigenvalue weighted by molar-refractivity contribution is -0.212. The number of benzene rings is 2. The number of rotatable bonds is 10. The first-order valence-corrected chi connectivity index (χ1v) is 17.8. The van der Waals surface area contributed by atoms with Crippen molar-refractivity contribution in [2.24, 2.45) is 12.5 Å². The zero-order valence-electron chi connectivity index (χ0n) is 31.6. The topological polar surface area (TPSA) is 167 Å². The van der Waals surface area contributed by atoms with Crippen molar-refractivity contribution in [1.82, 2.24) is 24.4 Å². The van der Waals surface area contributed by atoms with E-state index < -0.39 is 77.9 Å². The molecule has 57 heavy (non-hydrogen) atoms. The number of esters is 1. The van der Waals surface area contributed by atoms with Crippen molar-refractivity contribution in [1.29, 1.82) is 0 Å². The van der Waals surface area contributed by atoms with Crippen molar-refractivity contribution in [3.63, 3.8) is 0 Å². The van der Waals surface area contributed by atoms with E-state index >= 15 is 4.39 Å². The van der Waals surface area contributed by atoms with Crippen molar-refractivity contribution < 1.29 is 46.5 Å². The van der Waals surface area contributed by atoms with E-state index in [4.69, 9.17) is 14.2 Å². The Morgan fingerprint density at radius 3 is 2.54 bits per heavy atom.